The molecule has 4 heterocycles. The van der Waals surface area contributed by atoms with Gasteiger partial charge in [0.15, 0.2) is 0 Å². The molecule has 0 bridgehead atoms. The Balaban J connectivity index is 1.64. The lowest BCUT2D eigenvalue weighted by atomic mass is 10.0. The molecule has 3 aromatic heterocycles. The SMILES string of the molecule is O=C(c1ccc(-c2ccco2)[nH]c1=O)N1CCCC[C@H]1c1ncn[nH]1. The van der Waals surface area contributed by atoms with Crippen LogP contribution in [0.3, 0.4) is 0 Å². The molecule has 25 heavy (non-hydrogen) atoms. The normalized spacial score (nSPS) is 17.6. The van der Waals surface area contributed by atoms with Crippen LogP contribution in [0.2, 0.25) is 0 Å². The number of likely N-dealkylation sites (tertiary alicyclic amines) is 1. The Morgan fingerprint density at radius 2 is 2.20 bits per heavy atom. The summed E-state index contributed by atoms with van der Waals surface area (Å²) in [5.74, 6) is 0.902. The second-order valence-corrected chi connectivity index (χ2v) is 5.97. The van der Waals surface area contributed by atoms with E-state index in [0.29, 0.717) is 23.8 Å². The quantitative estimate of drug-likeness (QED) is 0.760. The van der Waals surface area contributed by atoms with Crippen molar-refractivity contribution in [1.29, 1.82) is 0 Å². The lowest BCUT2D eigenvalue weighted by Gasteiger charge is -2.34. The highest BCUT2D eigenvalue weighted by molar-refractivity contribution is 5.94. The number of hydrogen-bond acceptors (Lipinski definition) is 5. The van der Waals surface area contributed by atoms with Crippen LogP contribution in [0.4, 0.5) is 0 Å². The molecular weight excluding hydrogens is 322 g/mol. The van der Waals surface area contributed by atoms with E-state index in [2.05, 4.69) is 20.2 Å². The van der Waals surface area contributed by atoms with E-state index in [1.165, 1.54) is 12.6 Å². The summed E-state index contributed by atoms with van der Waals surface area (Å²) in [6.07, 6.45) is 5.66. The van der Waals surface area contributed by atoms with Crippen molar-refractivity contribution in [2.24, 2.45) is 0 Å². The molecule has 128 valence electrons. The van der Waals surface area contributed by atoms with Gasteiger partial charge in [-0.05, 0) is 43.5 Å². The first-order valence-electron chi connectivity index (χ1n) is 8.17. The maximum atomic E-state index is 12.9. The van der Waals surface area contributed by atoms with Crippen molar-refractivity contribution in [1.82, 2.24) is 25.1 Å². The van der Waals surface area contributed by atoms with Crippen LogP contribution in [0, 0.1) is 0 Å². The van der Waals surface area contributed by atoms with Gasteiger partial charge in [0.1, 0.15) is 23.5 Å². The van der Waals surface area contributed by atoms with Gasteiger partial charge >= 0.3 is 0 Å². The molecule has 0 saturated carbocycles. The summed E-state index contributed by atoms with van der Waals surface area (Å²) >= 11 is 0. The highest BCUT2D eigenvalue weighted by atomic mass is 16.3. The summed E-state index contributed by atoms with van der Waals surface area (Å²) in [5.41, 5.74) is 0.222. The minimum absolute atomic E-state index is 0.113. The molecule has 1 atom stereocenters. The fourth-order valence-electron chi connectivity index (χ4n) is 3.21. The third kappa shape index (κ3) is 2.86. The minimum atomic E-state index is -0.430. The van der Waals surface area contributed by atoms with Crippen LogP contribution in [0.1, 0.15) is 41.5 Å². The maximum absolute atomic E-state index is 12.9. The van der Waals surface area contributed by atoms with Crippen molar-refractivity contribution >= 4 is 5.91 Å². The standard InChI is InChI=1S/C17H17N5O3/c23-16-11(6-7-12(20-16)14-5-3-9-25-14)17(24)22-8-2-1-4-13(22)15-18-10-19-21-15/h3,5-7,9-10,13H,1-2,4,8H2,(H,20,23)(H,18,19,21)/t13-/m0/s1. The minimum Gasteiger partial charge on any atom is -0.463 e. The number of aromatic nitrogens is 4. The third-order valence-electron chi connectivity index (χ3n) is 4.44. The first kappa shape index (κ1) is 15.4. The number of pyridine rings is 1. The average molecular weight is 339 g/mol. The van der Waals surface area contributed by atoms with E-state index in [1.807, 2.05) is 0 Å². The third-order valence-corrected chi connectivity index (χ3v) is 4.44. The van der Waals surface area contributed by atoms with E-state index in [4.69, 9.17) is 4.42 Å². The summed E-state index contributed by atoms with van der Waals surface area (Å²) in [6, 6.07) is 6.53. The number of furan rings is 1. The maximum Gasteiger partial charge on any atom is 0.261 e. The van der Waals surface area contributed by atoms with Gasteiger partial charge in [0.25, 0.3) is 11.5 Å². The predicted octanol–water partition coefficient (Wildman–Crippen LogP) is 2.12. The molecule has 2 N–H and O–H groups in total. The fraction of sp³-hybridized carbons (Fsp3) is 0.294. The second kappa shape index (κ2) is 6.39. The van der Waals surface area contributed by atoms with Crippen LogP contribution in [0.5, 0.6) is 0 Å². The highest BCUT2D eigenvalue weighted by Gasteiger charge is 2.31. The molecule has 1 aliphatic heterocycles. The van der Waals surface area contributed by atoms with Gasteiger partial charge < -0.3 is 14.3 Å². The number of aromatic amines is 2. The summed E-state index contributed by atoms with van der Waals surface area (Å²) in [7, 11) is 0. The molecule has 0 unspecified atom stereocenters. The monoisotopic (exact) mass is 339 g/mol. The Bertz CT molecular complexity index is 914. The number of nitrogens with zero attached hydrogens (tertiary/aromatic N) is 3. The van der Waals surface area contributed by atoms with Crippen LogP contribution in [-0.4, -0.2) is 37.5 Å². The van der Waals surface area contributed by atoms with Crippen molar-refractivity contribution in [3.05, 3.63) is 58.6 Å². The summed E-state index contributed by atoms with van der Waals surface area (Å²) in [6.45, 7) is 0.587. The van der Waals surface area contributed by atoms with E-state index in [9.17, 15) is 9.59 Å². The van der Waals surface area contributed by atoms with Crippen molar-refractivity contribution in [2.75, 3.05) is 6.54 Å². The van der Waals surface area contributed by atoms with Crippen molar-refractivity contribution in [3.63, 3.8) is 0 Å². The fourth-order valence-corrected chi connectivity index (χ4v) is 3.21. The molecule has 1 saturated heterocycles. The van der Waals surface area contributed by atoms with Gasteiger partial charge in [0, 0.05) is 6.54 Å². The number of piperidine rings is 1. The van der Waals surface area contributed by atoms with Gasteiger partial charge in [-0.1, -0.05) is 0 Å². The number of H-pyrrole nitrogens is 2. The van der Waals surface area contributed by atoms with E-state index in [0.717, 1.165) is 19.3 Å². The molecule has 8 heteroatoms. The van der Waals surface area contributed by atoms with Gasteiger partial charge in [-0.15, -0.1) is 0 Å². The van der Waals surface area contributed by atoms with Gasteiger partial charge in [-0.25, -0.2) is 4.98 Å². The molecule has 0 spiro atoms. The molecular formula is C17H17N5O3. The topological polar surface area (TPSA) is 108 Å². The van der Waals surface area contributed by atoms with Crippen LogP contribution in [0.15, 0.2) is 46.1 Å². The molecule has 1 aliphatic rings. The van der Waals surface area contributed by atoms with Crippen molar-refractivity contribution < 1.29 is 9.21 Å². The van der Waals surface area contributed by atoms with Crippen molar-refractivity contribution in [3.8, 4) is 11.5 Å². The molecule has 1 fully saturated rings. The van der Waals surface area contributed by atoms with E-state index < -0.39 is 5.56 Å². The van der Waals surface area contributed by atoms with Crippen LogP contribution in [0.25, 0.3) is 11.5 Å². The summed E-state index contributed by atoms with van der Waals surface area (Å²) in [5, 5.41) is 6.70. The zero-order chi connectivity index (χ0) is 17.2. The van der Waals surface area contributed by atoms with E-state index in [-0.39, 0.29) is 17.5 Å². The highest BCUT2D eigenvalue weighted by Crippen LogP contribution is 2.29. The average Bonchev–Trinajstić information content (AvgIpc) is 3.35. The van der Waals surface area contributed by atoms with Gasteiger partial charge in [-0.2, -0.15) is 5.10 Å². The zero-order valence-corrected chi connectivity index (χ0v) is 13.4. The molecule has 4 rings (SSSR count). The van der Waals surface area contributed by atoms with Gasteiger partial charge in [0.05, 0.1) is 18.0 Å². The predicted molar refractivity (Wildman–Crippen MR) is 88.8 cm³/mol. The number of carbonyl (C=O) groups is 1. The summed E-state index contributed by atoms with van der Waals surface area (Å²) in [4.78, 5) is 34.0. The number of carbonyl (C=O) groups excluding carboxylic acids is 1. The van der Waals surface area contributed by atoms with Gasteiger partial charge in [-0.3, -0.25) is 14.7 Å². The smallest absolute Gasteiger partial charge is 0.261 e. The van der Waals surface area contributed by atoms with Crippen LogP contribution in [-0.2, 0) is 0 Å². The molecule has 0 aromatic carbocycles. The van der Waals surface area contributed by atoms with Crippen LogP contribution >= 0.6 is 0 Å². The zero-order valence-electron chi connectivity index (χ0n) is 13.4. The number of rotatable bonds is 3. The Labute approximate surface area is 142 Å². The Morgan fingerprint density at radius 1 is 1.28 bits per heavy atom. The first-order chi connectivity index (χ1) is 12.2. The number of hydrogen-bond donors (Lipinski definition) is 2. The Morgan fingerprint density at radius 3 is 2.92 bits per heavy atom. The first-order valence-corrected chi connectivity index (χ1v) is 8.17. The lowest BCUT2D eigenvalue weighted by Crippen LogP contribution is -2.41. The number of amides is 1. The van der Waals surface area contributed by atoms with Gasteiger partial charge in [0.2, 0.25) is 0 Å². The second-order valence-electron chi connectivity index (χ2n) is 5.97. The number of nitrogens with one attached hydrogen (secondary N) is 2. The summed E-state index contributed by atoms with van der Waals surface area (Å²) < 4.78 is 5.27. The Hall–Kier alpha value is -3.16. The Kier molecular flexibility index (Phi) is 3.93. The molecule has 1 amide bonds. The molecule has 0 radical (unpaired) electrons. The van der Waals surface area contributed by atoms with E-state index in [1.54, 1.807) is 29.2 Å². The molecule has 0 aliphatic carbocycles. The van der Waals surface area contributed by atoms with Crippen molar-refractivity contribution in [2.45, 2.75) is 25.3 Å². The molecule has 8 nitrogen and oxygen atoms in total. The molecule has 3 aromatic rings. The van der Waals surface area contributed by atoms with E-state index >= 15 is 0 Å². The van der Waals surface area contributed by atoms with Crippen LogP contribution < -0.4 is 5.56 Å². The largest absolute Gasteiger partial charge is 0.463 e. The lowest BCUT2D eigenvalue weighted by molar-refractivity contribution is 0.0598.